The summed E-state index contributed by atoms with van der Waals surface area (Å²) in [5.41, 5.74) is 1.35. The van der Waals surface area contributed by atoms with Crippen LogP contribution in [0.25, 0.3) is 10.9 Å². The number of nitrogens with zero attached hydrogens (tertiary/aromatic N) is 1. The van der Waals surface area contributed by atoms with E-state index in [1.165, 1.54) is 0 Å². The van der Waals surface area contributed by atoms with Gasteiger partial charge in [0, 0.05) is 6.04 Å². The Balaban J connectivity index is 1.73. The summed E-state index contributed by atoms with van der Waals surface area (Å²) in [7, 11) is 0. The zero-order valence-electron chi connectivity index (χ0n) is 12.9. The molecule has 0 bridgehead atoms. The van der Waals surface area contributed by atoms with Crippen molar-refractivity contribution < 1.29 is 5.11 Å². The Morgan fingerprint density at radius 1 is 1.13 bits per heavy atom. The van der Waals surface area contributed by atoms with E-state index in [4.69, 9.17) is 0 Å². The monoisotopic (exact) mass is 309 g/mol. The number of aliphatic hydroxyl groups is 1. The van der Waals surface area contributed by atoms with Crippen molar-refractivity contribution in [2.24, 2.45) is 0 Å². The van der Waals surface area contributed by atoms with Crippen molar-refractivity contribution in [1.82, 2.24) is 9.97 Å². The van der Waals surface area contributed by atoms with E-state index in [0.717, 1.165) is 5.56 Å². The van der Waals surface area contributed by atoms with E-state index in [9.17, 15) is 9.90 Å². The van der Waals surface area contributed by atoms with E-state index in [-0.39, 0.29) is 11.6 Å². The summed E-state index contributed by atoms with van der Waals surface area (Å²) in [6.07, 6.45) is -0.0496. The summed E-state index contributed by atoms with van der Waals surface area (Å²) in [6.45, 7) is 1.95. The molecular formula is C18H19N3O2. The number of nitrogens with one attached hydrogen (secondary N) is 2. The highest BCUT2D eigenvalue weighted by molar-refractivity contribution is 5.78. The minimum atomic E-state index is -0.564. The Labute approximate surface area is 134 Å². The molecule has 0 unspecified atom stereocenters. The van der Waals surface area contributed by atoms with Crippen LogP contribution in [0, 0.1) is 0 Å². The molecule has 0 aliphatic carbocycles. The van der Waals surface area contributed by atoms with Gasteiger partial charge in [0.25, 0.3) is 5.56 Å². The van der Waals surface area contributed by atoms with E-state index in [1.807, 2.05) is 49.4 Å². The van der Waals surface area contributed by atoms with Crippen LogP contribution in [-0.4, -0.2) is 21.1 Å². The van der Waals surface area contributed by atoms with Gasteiger partial charge < -0.3 is 10.4 Å². The maximum atomic E-state index is 12.0. The lowest BCUT2D eigenvalue weighted by Gasteiger charge is -2.18. The van der Waals surface area contributed by atoms with Crippen LogP contribution in [0.2, 0.25) is 0 Å². The average molecular weight is 309 g/mol. The van der Waals surface area contributed by atoms with Crippen molar-refractivity contribution in [2.75, 3.05) is 5.32 Å². The van der Waals surface area contributed by atoms with Gasteiger partial charge in [-0.1, -0.05) is 42.5 Å². The van der Waals surface area contributed by atoms with E-state index >= 15 is 0 Å². The first-order chi connectivity index (χ1) is 11.1. The summed E-state index contributed by atoms with van der Waals surface area (Å²) in [5.74, 6) is 0.418. The van der Waals surface area contributed by atoms with Gasteiger partial charge in [-0.15, -0.1) is 0 Å². The molecule has 5 heteroatoms. The van der Waals surface area contributed by atoms with Crippen molar-refractivity contribution in [1.29, 1.82) is 0 Å². The Bertz CT molecular complexity index is 846. The molecule has 0 aliphatic rings. The van der Waals surface area contributed by atoms with Gasteiger partial charge in [-0.2, -0.15) is 0 Å². The lowest BCUT2D eigenvalue weighted by molar-refractivity contribution is 0.162. The fourth-order valence-electron chi connectivity index (χ4n) is 2.59. The molecule has 1 aromatic heterocycles. The lowest BCUT2D eigenvalue weighted by atomic mass is 10.0. The van der Waals surface area contributed by atoms with Crippen LogP contribution in [0.1, 0.15) is 25.0 Å². The first-order valence-corrected chi connectivity index (χ1v) is 7.62. The molecule has 0 saturated carbocycles. The second-order valence-corrected chi connectivity index (χ2v) is 5.64. The third-order valence-corrected chi connectivity index (χ3v) is 3.76. The molecule has 23 heavy (non-hydrogen) atoms. The van der Waals surface area contributed by atoms with E-state index in [1.54, 1.807) is 12.1 Å². The number of aliphatic hydroxyl groups excluding tert-OH is 1. The number of aromatic amines is 1. The molecule has 3 rings (SSSR count). The summed E-state index contributed by atoms with van der Waals surface area (Å²) in [6, 6.07) is 16.7. The SMILES string of the molecule is C[C@H](C[C@@H](O)c1ccccc1)Nc1nc2ccccc2c(=O)[nH]1. The first kappa shape index (κ1) is 15.2. The molecule has 5 nitrogen and oxygen atoms in total. The molecule has 1 heterocycles. The van der Waals surface area contributed by atoms with E-state index in [2.05, 4.69) is 15.3 Å². The van der Waals surface area contributed by atoms with Crippen LogP contribution >= 0.6 is 0 Å². The van der Waals surface area contributed by atoms with Crippen molar-refractivity contribution in [3.63, 3.8) is 0 Å². The predicted octanol–water partition coefficient (Wildman–Crippen LogP) is 2.85. The minimum absolute atomic E-state index is 0.0467. The largest absolute Gasteiger partial charge is 0.388 e. The molecule has 0 fully saturated rings. The van der Waals surface area contributed by atoms with Crippen LogP contribution in [0.5, 0.6) is 0 Å². The van der Waals surface area contributed by atoms with E-state index < -0.39 is 6.10 Å². The van der Waals surface area contributed by atoms with Crippen LogP contribution in [0.3, 0.4) is 0 Å². The topological polar surface area (TPSA) is 78.0 Å². The predicted molar refractivity (Wildman–Crippen MR) is 91.5 cm³/mol. The van der Waals surface area contributed by atoms with Gasteiger partial charge in [-0.25, -0.2) is 4.98 Å². The molecule has 2 aromatic carbocycles. The number of hydrogen-bond donors (Lipinski definition) is 3. The Morgan fingerprint density at radius 2 is 1.83 bits per heavy atom. The summed E-state index contributed by atoms with van der Waals surface area (Å²) < 4.78 is 0. The second-order valence-electron chi connectivity index (χ2n) is 5.64. The lowest BCUT2D eigenvalue weighted by Crippen LogP contribution is -2.22. The highest BCUT2D eigenvalue weighted by atomic mass is 16.3. The third kappa shape index (κ3) is 3.57. The van der Waals surface area contributed by atoms with Crippen molar-refractivity contribution in [2.45, 2.75) is 25.5 Å². The summed E-state index contributed by atoms with van der Waals surface area (Å²) in [5, 5.41) is 14.0. The van der Waals surface area contributed by atoms with Gasteiger partial charge in [-0.05, 0) is 31.0 Å². The molecule has 0 radical (unpaired) electrons. The highest BCUT2D eigenvalue weighted by Crippen LogP contribution is 2.19. The second kappa shape index (κ2) is 6.62. The molecule has 2 atom stereocenters. The number of aromatic nitrogens is 2. The standard InChI is InChI=1S/C18H19N3O2/c1-12(11-16(22)13-7-3-2-4-8-13)19-18-20-15-10-6-5-9-14(15)17(23)21-18/h2-10,12,16,22H,11H2,1H3,(H2,19,20,21,23)/t12-,16-/m1/s1. The smallest absolute Gasteiger partial charge is 0.260 e. The fourth-order valence-corrected chi connectivity index (χ4v) is 2.59. The summed E-state index contributed by atoms with van der Waals surface area (Å²) >= 11 is 0. The molecule has 0 spiro atoms. The molecule has 3 aromatic rings. The first-order valence-electron chi connectivity index (χ1n) is 7.62. The number of benzene rings is 2. The molecular weight excluding hydrogens is 290 g/mol. The maximum absolute atomic E-state index is 12.0. The van der Waals surface area contributed by atoms with Gasteiger partial charge >= 0.3 is 0 Å². The van der Waals surface area contributed by atoms with Crippen LogP contribution in [0.4, 0.5) is 5.95 Å². The van der Waals surface area contributed by atoms with Gasteiger partial charge in [-0.3, -0.25) is 9.78 Å². The van der Waals surface area contributed by atoms with Gasteiger partial charge in [0.1, 0.15) is 0 Å². The van der Waals surface area contributed by atoms with Crippen molar-refractivity contribution in [3.8, 4) is 0 Å². The highest BCUT2D eigenvalue weighted by Gasteiger charge is 2.13. The average Bonchev–Trinajstić information content (AvgIpc) is 2.55. The zero-order valence-corrected chi connectivity index (χ0v) is 12.9. The number of rotatable bonds is 5. The Morgan fingerprint density at radius 3 is 2.61 bits per heavy atom. The normalized spacial score (nSPS) is 13.7. The summed E-state index contributed by atoms with van der Waals surface area (Å²) in [4.78, 5) is 19.2. The number of anilines is 1. The van der Waals surface area contributed by atoms with Gasteiger partial charge in [0.05, 0.1) is 17.0 Å². The molecule has 0 saturated heterocycles. The molecule has 0 aliphatic heterocycles. The molecule has 118 valence electrons. The number of para-hydroxylation sites is 1. The van der Waals surface area contributed by atoms with Crippen molar-refractivity contribution >= 4 is 16.9 Å². The van der Waals surface area contributed by atoms with E-state index in [0.29, 0.717) is 23.3 Å². The number of fused-ring (bicyclic) bond motifs is 1. The zero-order chi connectivity index (χ0) is 16.2. The minimum Gasteiger partial charge on any atom is -0.388 e. The van der Waals surface area contributed by atoms with Crippen molar-refractivity contribution in [3.05, 3.63) is 70.5 Å². The number of hydrogen-bond acceptors (Lipinski definition) is 4. The van der Waals surface area contributed by atoms with Gasteiger partial charge in [0.2, 0.25) is 5.95 Å². The number of H-pyrrole nitrogens is 1. The molecule has 0 amide bonds. The molecule has 3 N–H and O–H groups in total. The van der Waals surface area contributed by atoms with Crippen LogP contribution in [-0.2, 0) is 0 Å². The maximum Gasteiger partial charge on any atom is 0.260 e. The Kier molecular flexibility index (Phi) is 4.39. The third-order valence-electron chi connectivity index (χ3n) is 3.76. The van der Waals surface area contributed by atoms with Crippen LogP contribution < -0.4 is 10.9 Å². The van der Waals surface area contributed by atoms with Gasteiger partial charge in [0.15, 0.2) is 0 Å². The quantitative estimate of drug-likeness (QED) is 0.677. The Hall–Kier alpha value is -2.66. The fraction of sp³-hybridized carbons (Fsp3) is 0.222. The van der Waals surface area contributed by atoms with Crippen LogP contribution in [0.15, 0.2) is 59.4 Å².